The van der Waals surface area contributed by atoms with Crippen LogP contribution in [0.1, 0.15) is 39.1 Å². The van der Waals surface area contributed by atoms with Gasteiger partial charge in [0.2, 0.25) is 0 Å². The highest BCUT2D eigenvalue weighted by molar-refractivity contribution is 5.76. The van der Waals surface area contributed by atoms with Gasteiger partial charge in [0.1, 0.15) is 5.82 Å². The zero-order valence-electron chi connectivity index (χ0n) is 10.9. The molecule has 3 nitrogen and oxygen atoms in total. The SMILES string of the molecule is CCCn1c(C(C)NCC)nc2ccccc21. The number of aryl methyl sites for hydroxylation is 1. The number of nitrogens with zero attached hydrogens (tertiary/aromatic N) is 2. The van der Waals surface area contributed by atoms with E-state index in [9.17, 15) is 0 Å². The lowest BCUT2D eigenvalue weighted by molar-refractivity contribution is 0.527. The van der Waals surface area contributed by atoms with Gasteiger partial charge in [0.25, 0.3) is 0 Å². The normalized spacial score (nSPS) is 13.1. The van der Waals surface area contributed by atoms with E-state index >= 15 is 0 Å². The van der Waals surface area contributed by atoms with Crippen molar-refractivity contribution in [3.05, 3.63) is 30.1 Å². The lowest BCUT2D eigenvalue weighted by Crippen LogP contribution is -2.21. The van der Waals surface area contributed by atoms with Crippen LogP contribution >= 0.6 is 0 Å². The first-order valence-electron chi connectivity index (χ1n) is 6.46. The van der Waals surface area contributed by atoms with Crippen molar-refractivity contribution in [2.45, 2.75) is 39.8 Å². The van der Waals surface area contributed by atoms with Gasteiger partial charge in [-0.05, 0) is 32.0 Å². The highest BCUT2D eigenvalue weighted by Crippen LogP contribution is 2.20. The molecule has 0 bridgehead atoms. The van der Waals surface area contributed by atoms with Gasteiger partial charge in [0.15, 0.2) is 0 Å². The summed E-state index contributed by atoms with van der Waals surface area (Å²) < 4.78 is 2.34. The number of benzene rings is 1. The molecule has 0 aliphatic heterocycles. The lowest BCUT2D eigenvalue weighted by Gasteiger charge is -2.14. The number of aromatic nitrogens is 2. The second-order valence-corrected chi connectivity index (χ2v) is 4.39. The van der Waals surface area contributed by atoms with Crippen LogP contribution in [0.15, 0.2) is 24.3 Å². The maximum Gasteiger partial charge on any atom is 0.126 e. The molecule has 2 rings (SSSR count). The average Bonchev–Trinajstić information content (AvgIpc) is 2.70. The molecule has 0 spiro atoms. The molecule has 0 saturated carbocycles. The van der Waals surface area contributed by atoms with Crippen LogP contribution in [0.3, 0.4) is 0 Å². The van der Waals surface area contributed by atoms with E-state index in [0.717, 1.165) is 30.9 Å². The van der Waals surface area contributed by atoms with Crippen molar-refractivity contribution >= 4 is 11.0 Å². The Morgan fingerprint density at radius 2 is 2.06 bits per heavy atom. The monoisotopic (exact) mass is 231 g/mol. The van der Waals surface area contributed by atoms with Gasteiger partial charge < -0.3 is 9.88 Å². The van der Waals surface area contributed by atoms with Gasteiger partial charge >= 0.3 is 0 Å². The molecule has 3 heteroatoms. The maximum absolute atomic E-state index is 4.75. The zero-order chi connectivity index (χ0) is 12.3. The van der Waals surface area contributed by atoms with Gasteiger partial charge in [-0.1, -0.05) is 26.0 Å². The molecule has 0 saturated heterocycles. The quantitative estimate of drug-likeness (QED) is 0.857. The van der Waals surface area contributed by atoms with E-state index in [2.05, 4.69) is 48.9 Å². The number of hydrogen-bond acceptors (Lipinski definition) is 2. The molecular weight excluding hydrogens is 210 g/mol. The van der Waals surface area contributed by atoms with Crippen molar-refractivity contribution < 1.29 is 0 Å². The summed E-state index contributed by atoms with van der Waals surface area (Å²) in [6, 6.07) is 8.67. The van der Waals surface area contributed by atoms with E-state index in [1.54, 1.807) is 0 Å². The second-order valence-electron chi connectivity index (χ2n) is 4.39. The maximum atomic E-state index is 4.75. The fourth-order valence-electron chi connectivity index (χ4n) is 2.28. The minimum absolute atomic E-state index is 0.305. The molecule has 1 unspecified atom stereocenters. The van der Waals surface area contributed by atoms with Gasteiger partial charge in [-0.25, -0.2) is 4.98 Å². The van der Waals surface area contributed by atoms with Crippen LogP contribution in [0, 0.1) is 0 Å². The minimum Gasteiger partial charge on any atom is -0.327 e. The third-order valence-electron chi connectivity index (χ3n) is 3.03. The molecule has 17 heavy (non-hydrogen) atoms. The van der Waals surface area contributed by atoms with Crippen LogP contribution in [0.25, 0.3) is 11.0 Å². The molecule has 1 N–H and O–H groups in total. The fourth-order valence-corrected chi connectivity index (χ4v) is 2.28. The fraction of sp³-hybridized carbons (Fsp3) is 0.500. The first-order chi connectivity index (χ1) is 8.27. The first kappa shape index (κ1) is 12.1. The van der Waals surface area contributed by atoms with Crippen LogP contribution in [0.2, 0.25) is 0 Å². The van der Waals surface area contributed by atoms with Crippen molar-refractivity contribution in [3.63, 3.8) is 0 Å². The number of imidazole rings is 1. The summed E-state index contributed by atoms with van der Waals surface area (Å²) in [6.07, 6.45) is 1.13. The van der Waals surface area contributed by atoms with E-state index in [4.69, 9.17) is 4.98 Å². The largest absolute Gasteiger partial charge is 0.327 e. The molecule has 0 amide bonds. The lowest BCUT2D eigenvalue weighted by atomic mass is 10.3. The van der Waals surface area contributed by atoms with Crippen molar-refractivity contribution in [2.75, 3.05) is 6.54 Å². The van der Waals surface area contributed by atoms with Crippen LogP contribution in [-0.2, 0) is 6.54 Å². The molecule has 1 aromatic heterocycles. The predicted octanol–water partition coefficient (Wildman–Crippen LogP) is 3.12. The van der Waals surface area contributed by atoms with E-state index in [1.165, 1.54) is 5.52 Å². The van der Waals surface area contributed by atoms with Crippen molar-refractivity contribution in [1.82, 2.24) is 14.9 Å². The number of rotatable bonds is 5. The molecule has 1 aromatic carbocycles. The summed E-state index contributed by atoms with van der Waals surface area (Å²) in [6.45, 7) is 8.51. The second kappa shape index (κ2) is 5.32. The summed E-state index contributed by atoms with van der Waals surface area (Å²) in [5.74, 6) is 1.15. The Bertz CT molecular complexity index is 487. The van der Waals surface area contributed by atoms with Crippen LogP contribution in [-0.4, -0.2) is 16.1 Å². The van der Waals surface area contributed by atoms with Crippen LogP contribution in [0.4, 0.5) is 0 Å². The van der Waals surface area contributed by atoms with Crippen molar-refractivity contribution in [3.8, 4) is 0 Å². The highest BCUT2D eigenvalue weighted by Gasteiger charge is 2.14. The summed E-state index contributed by atoms with van der Waals surface area (Å²) in [5.41, 5.74) is 2.34. The van der Waals surface area contributed by atoms with E-state index in [0.29, 0.717) is 6.04 Å². The summed E-state index contributed by atoms with van der Waals surface area (Å²) >= 11 is 0. The number of hydrogen-bond donors (Lipinski definition) is 1. The molecule has 0 radical (unpaired) electrons. The molecular formula is C14H21N3. The Morgan fingerprint density at radius 1 is 1.29 bits per heavy atom. The third kappa shape index (κ3) is 2.34. The Hall–Kier alpha value is -1.35. The highest BCUT2D eigenvalue weighted by atomic mass is 15.1. The van der Waals surface area contributed by atoms with Crippen LogP contribution < -0.4 is 5.32 Å². The number of fused-ring (bicyclic) bond motifs is 1. The molecule has 0 aliphatic carbocycles. The molecule has 1 atom stereocenters. The Morgan fingerprint density at radius 3 is 2.76 bits per heavy atom. The van der Waals surface area contributed by atoms with E-state index in [-0.39, 0.29) is 0 Å². The first-order valence-corrected chi connectivity index (χ1v) is 6.46. The van der Waals surface area contributed by atoms with Crippen LogP contribution in [0.5, 0.6) is 0 Å². The number of nitrogens with one attached hydrogen (secondary N) is 1. The summed E-state index contributed by atoms with van der Waals surface area (Å²) in [4.78, 5) is 4.75. The zero-order valence-corrected chi connectivity index (χ0v) is 10.9. The molecule has 1 heterocycles. The smallest absolute Gasteiger partial charge is 0.126 e. The Kier molecular flexibility index (Phi) is 3.79. The molecule has 0 aliphatic rings. The number of para-hydroxylation sites is 2. The van der Waals surface area contributed by atoms with E-state index < -0.39 is 0 Å². The minimum atomic E-state index is 0.305. The standard InChI is InChI=1S/C14H21N3/c1-4-10-17-13-9-7-6-8-12(13)16-14(17)11(3)15-5-2/h6-9,11,15H,4-5,10H2,1-3H3. The van der Waals surface area contributed by atoms with Gasteiger partial charge in [-0.2, -0.15) is 0 Å². The van der Waals surface area contributed by atoms with Crippen molar-refractivity contribution in [1.29, 1.82) is 0 Å². The topological polar surface area (TPSA) is 29.9 Å². The van der Waals surface area contributed by atoms with E-state index in [1.807, 2.05) is 6.07 Å². The third-order valence-corrected chi connectivity index (χ3v) is 3.03. The molecule has 92 valence electrons. The van der Waals surface area contributed by atoms with Gasteiger partial charge in [0.05, 0.1) is 17.1 Å². The summed E-state index contributed by atoms with van der Waals surface area (Å²) in [5, 5.41) is 3.44. The summed E-state index contributed by atoms with van der Waals surface area (Å²) in [7, 11) is 0. The predicted molar refractivity (Wildman–Crippen MR) is 72.1 cm³/mol. The molecule has 0 fully saturated rings. The molecule has 2 aromatic rings. The van der Waals surface area contributed by atoms with Crippen molar-refractivity contribution in [2.24, 2.45) is 0 Å². The van der Waals surface area contributed by atoms with Gasteiger partial charge in [0, 0.05) is 6.54 Å². The average molecular weight is 231 g/mol. The van der Waals surface area contributed by atoms with Gasteiger partial charge in [-0.15, -0.1) is 0 Å². The Labute approximate surface area is 103 Å². The van der Waals surface area contributed by atoms with Gasteiger partial charge in [-0.3, -0.25) is 0 Å². The Balaban J connectivity index is 2.49.